The Labute approximate surface area is 105 Å². The van der Waals surface area contributed by atoms with Crippen LogP contribution in [0.25, 0.3) is 0 Å². The second-order valence-electron chi connectivity index (χ2n) is 4.50. The van der Waals surface area contributed by atoms with E-state index in [0.29, 0.717) is 0 Å². The van der Waals surface area contributed by atoms with Crippen LogP contribution in [0.3, 0.4) is 0 Å². The van der Waals surface area contributed by atoms with E-state index in [2.05, 4.69) is 24.3 Å². The van der Waals surface area contributed by atoms with Crippen LogP contribution in [-0.4, -0.2) is 6.61 Å². The Bertz CT molecular complexity index is 267. The smallest absolute Gasteiger partial charge is 0.0717 e. The van der Waals surface area contributed by atoms with Crippen LogP contribution in [0.4, 0.5) is 0 Å². The predicted molar refractivity (Wildman–Crippen MR) is 69.9 cm³/mol. The molecule has 1 aromatic carbocycles. The maximum absolute atomic E-state index is 5.76. The SMILES string of the molecule is Cl.c1ccc(COCC2CCCCC2)cc1. The van der Waals surface area contributed by atoms with Crippen molar-refractivity contribution in [2.45, 2.75) is 38.7 Å². The van der Waals surface area contributed by atoms with Gasteiger partial charge in [0.2, 0.25) is 0 Å². The van der Waals surface area contributed by atoms with Gasteiger partial charge in [-0.25, -0.2) is 0 Å². The van der Waals surface area contributed by atoms with Crippen molar-refractivity contribution < 1.29 is 4.74 Å². The molecule has 90 valence electrons. The van der Waals surface area contributed by atoms with Gasteiger partial charge < -0.3 is 4.74 Å². The Kier molecular flexibility index (Phi) is 6.51. The highest BCUT2D eigenvalue weighted by Gasteiger charge is 2.12. The Morgan fingerprint density at radius 1 is 1.00 bits per heavy atom. The normalized spacial score (nSPS) is 16.8. The summed E-state index contributed by atoms with van der Waals surface area (Å²) in [5.41, 5.74) is 1.29. The lowest BCUT2D eigenvalue weighted by molar-refractivity contribution is 0.0739. The summed E-state index contributed by atoms with van der Waals surface area (Å²) in [4.78, 5) is 0. The zero-order chi connectivity index (χ0) is 10.3. The van der Waals surface area contributed by atoms with Gasteiger partial charge in [0.05, 0.1) is 6.61 Å². The molecule has 16 heavy (non-hydrogen) atoms. The summed E-state index contributed by atoms with van der Waals surface area (Å²) in [6.07, 6.45) is 6.97. The lowest BCUT2D eigenvalue weighted by atomic mass is 9.90. The molecule has 2 rings (SSSR count). The van der Waals surface area contributed by atoms with Gasteiger partial charge in [0.15, 0.2) is 0 Å². The van der Waals surface area contributed by atoms with Gasteiger partial charge in [-0.05, 0) is 24.3 Å². The van der Waals surface area contributed by atoms with E-state index in [9.17, 15) is 0 Å². The van der Waals surface area contributed by atoms with Gasteiger partial charge in [-0.15, -0.1) is 12.4 Å². The number of rotatable bonds is 4. The van der Waals surface area contributed by atoms with Crippen LogP contribution in [0, 0.1) is 5.92 Å². The van der Waals surface area contributed by atoms with Crippen LogP contribution in [0.1, 0.15) is 37.7 Å². The molecule has 0 saturated heterocycles. The van der Waals surface area contributed by atoms with E-state index < -0.39 is 0 Å². The van der Waals surface area contributed by atoms with E-state index in [1.807, 2.05) is 6.07 Å². The molecule has 1 aromatic rings. The summed E-state index contributed by atoms with van der Waals surface area (Å²) in [6.45, 7) is 1.73. The van der Waals surface area contributed by atoms with Crippen LogP contribution in [-0.2, 0) is 11.3 Å². The minimum absolute atomic E-state index is 0. The van der Waals surface area contributed by atoms with Crippen molar-refractivity contribution in [3.8, 4) is 0 Å². The minimum Gasteiger partial charge on any atom is -0.376 e. The third-order valence-corrected chi connectivity index (χ3v) is 3.19. The Balaban J connectivity index is 0.00000128. The fourth-order valence-electron chi connectivity index (χ4n) is 2.27. The van der Waals surface area contributed by atoms with Crippen LogP contribution < -0.4 is 0 Å². The van der Waals surface area contributed by atoms with Crippen molar-refractivity contribution in [2.24, 2.45) is 5.92 Å². The minimum atomic E-state index is 0. The number of ether oxygens (including phenoxy) is 1. The third-order valence-electron chi connectivity index (χ3n) is 3.19. The molecule has 0 radical (unpaired) electrons. The van der Waals surface area contributed by atoms with Gasteiger partial charge in [-0.3, -0.25) is 0 Å². The molecule has 0 atom stereocenters. The van der Waals surface area contributed by atoms with E-state index in [1.165, 1.54) is 37.7 Å². The number of hydrogen-bond donors (Lipinski definition) is 0. The van der Waals surface area contributed by atoms with Gasteiger partial charge in [0.1, 0.15) is 0 Å². The molecule has 1 fully saturated rings. The van der Waals surface area contributed by atoms with Crippen molar-refractivity contribution >= 4 is 12.4 Å². The predicted octanol–water partition coefficient (Wildman–Crippen LogP) is 4.21. The highest BCUT2D eigenvalue weighted by Crippen LogP contribution is 2.23. The monoisotopic (exact) mass is 240 g/mol. The Morgan fingerprint density at radius 2 is 1.69 bits per heavy atom. The van der Waals surface area contributed by atoms with Gasteiger partial charge >= 0.3 is 0 Å². The van der Waals surface area contributed by atoms with Gasteiger partial charge in [-0.2, -0.15) is 0 Å². The molecule has 0 unspecified atom stereocenters. The van der Waals surface area contributed by atoms with E-state index in [4.69, 9.17) is 4.74 Å². The molecular weight excluding hydrogens is 220 g/mol. The first-order valence-electron chi connectivity index (χ1n) is 6.07. The van der Waals surface area contributed by atoms with Crippen molar-refractivity contribution in [2.75, 3.05) is 6.61 Å². The molecular formula is C14H21ClO. The van der Waals surface area contributed by atoms with Crippen LogP contribution in [0.2, 0.25) is 0 Å². The highest BCUT2D eigenvalue weighted by molar-refractivity contribution is 5.85. The standard InChI is InChI=1S/C14H20O.ClH/c1-3-7-13(8-4-1)11-15-12-14-9-5-2-6-10-14;/h1,3-4,7-8,14H,2,5-6,9-12H2;1H. The van der Waals surface area contributed by atoms with Crippen molar-refractivity contribution in [3.05, 3.63) is 35.9 Å². The lowest BCUT2D eigenvalue weighted by Crippen LogP contribution is -2.13. The second kappa shape index (κ2) is 7.70. The van der Waals surface area contributed by atoms with Crippen molar-refractivity contribution in [3.63, 3.8) is 0 Å². The first kappa shape index (κ1) is 13.5. The fraction of sp³-hybridized carbons (Fsp3) is 0.571. The summed E-state index contributed by atoms with van der Waals surface area (Å²) in [5, 5.41) is 0. The topological polar surface area (TPSA) is 9.23 Å². The molecule has 0 aliphatic heterocycles. The zero-order valence-corrected chi connectivity index (χ0v) is 10.5. The van der Waals surface area contributed by atoms with Crippen molar-refractivity contribution in [1.29, 1.82) is 0 Å². The average Bonchev–Trinajstić information content (AvgIpc) is 2.32. The Hall–Kier alpha value is -0.530. The van der Waals surface area contributed by atoms with Gasteiger partial charge in [-0.1, -0.05) is 49.6 Å². The molecule has 2 heteroatoms. The molecule has 1 aliphatic carbocycles. The van der Waals surface area contributed by atoms with E-state index >= 15 is 0 Å². The third kappa shape index (κ3) is 4.54. The first-order chi connectivity index (χ1) is 7.45. The number of benzene rings is 1. The summed E-state index contributed by atoms with van der Waals surface area (Å²) in [6, 6.07) is 10.4. The van der Waals surface area contributed by atoms with E-state index in [0.717, 1.165) is 19.1 Å². The summed E-state index contributed by atoms with van der Waals surface area (Å²) in [7, 11) is 0. The molecule has 0 heterocycles. The van der Waals surface area contributed by atoms with Crippen LogP contribution >= 0.6 is 12.4 Å². The molecule has 0 N–H and O–H groups in total. The molecule has 0 spiro atoms. The summed E-state index contributed by atoms with van der Waals surface area (Å²) >= 11 is 0. The van der Waals surface area contributed by atoms with Gasteiger partial charge in [0.25, 0.3) is 0 Å². The zero-order valence-electron chi connectivity index (χ0n) is 9.73. The maximum atomic E-state index is 5.76. The maximum Gasteiger partial charge on any atom is 0.0717 e. The van der Waals surface area contributed by atoms with E-state index in [-0.39, 0.29) is 12.4 Å². The second-order valence-corrected chi connectivity index (χ2v) is 4.50. The largest absolute Gasteiger partial charge is 0.376 e. The quantitative estimate of drug-likeness (QED) is 0.766. The summed E-state index contributed by atoms with van der Waals surface area (Å²) < 4.78 is 5.76. The molecule has 0 bridgehead atoms. The first-order valence-corrected chi connectivity index (χ1v) is 6.07. The van der Waals surface area contributed by atoms with Crippen LogP contribution in [0.15, 0.2) is 30.3 Å². The molecule has 1 saturated carbocycles. The lowest BCUT2D eigenvalue weighted by Gasteiger charge is -2.21. The van der Waals surface area contributed by atoms with Crippen molar-refractivity contribution in [1.82, 2.24) is 0 Å². The summed E-state index contributed by atoms with van der Waals surface area (Å²) in [5.74, 6) is 0.822. The number of hydrogen-bond acceptors (Lipinski definition) is 1. The van der Waals surface area contributed by atoms with E-state index in [1.54, 1.807) is 0 Å². The molecule has 1 nitrogen and oxygen atoms in total. The molecule has 0 amide bonds. The van der Waals surface area contributed by atoms with Crippen LogP contribution in [0.5, 0.6) is 0 Å². The fourth-order valence-corrected chi connectivity index (χ4v) is 2.27. The van der Waals surface area contributed by atoms with Gasteiger partial charge in [0, 0.05) is 6.61 Å². The average molecular weight is 241 g/mol. The molecule has 0 aromatic heterocycles. The molecule has 1 aliphatic rings. The Morgan fingerprint density at radius 3 is 2.38 bits per heavy atom. The highest BCUT2D eigenvalue weighted by atomic mass is 35.5. The number of halogens is 1.